The molecule has 0 bridgehead atoms. The summed E-state index contributed by atoms with van der Waals surface area (Å²) in [5.41, 5.74) is 0.0536. The fourth-order valence-corrected chi connectivity index (χ4v) is 1.37. The lowest BCUT2D eigenvalue weighted by atomic mass is 10.1. The van der Waals surface area contributed by atoms with Crippen LogP contribution in [0.15, 0.2) is 12.1 Å². The second kappa shape index (κ2) is 4.04. The number of Topliss-reactive ketones (excluding diaryl/α,β-unsaturated/α-hetero) is 1. The Kier molecular flexibility index (Phi) is 3.21. The van der Waals surface area contributed by atoms with Gasteiger partial charge in [0, 0.05) is 11.6 Å². The number of ketones is 1. The molecule has 0 heterocycles. The van der Waals surface area contributed by atoms with E-state index in [4.69, 9.17) is 11.6 Å². The quantitative estimate of drug-likeness (QED) is 0.600. The molecule has 0 amide bonds. The number of rotatable bonds is 2. The molecular weight excluding hydrogens is 209 g/mol. The molecule has 0 fully saturated rings. The number of hydrogen-bond acceptors (Lipinski definition) is 2. The maximum atomic E-state index is 13.1. The Morgan fingerprint density at radius 3 is 2.57 bits per heavy atom. The minimum absolute atomic E-state index is 0.0278. The van der Waals surface area contributed by atoms with Crippen LogP contribution in [0.1, 0.15) is 17.3 Å². The van der Waals surface area contributed by atoms with Crippen molar-refractivity contribution in [2.45, 2.75) is 6.92 Å². The first kappa shape index (κ1) is 11.1. The van der Waals surface area contributed by atoms with Gasteiger partial charge in [0.25, 0.3) is 0 Å². The molecular formula is C9H9ClFNO2. The van der Waals surface area contributed by atoms with E-state index >= 15 is 0 Å². The lowest BCUT2D eigenvalue weighted by molar-refractivity contribution is -0.752. The van der Waals surface area contributed by atoms with E-state index in [0.717, 1.165) is 6.07 Å². The van der Waals surface area contributed by atoms with Crippen LogP contribution in [-0.4, -0.2) is 12.8 Å². The molecule has 1 aromatic rings. The van der Waals surface area contributed by atoms with Gasteiger partial charge in [-0.05, 0) is 13.0 Å². The summed E-state index contributed by atoms with van der Waals surface area (Å²) in [7, 11) is 1.23. The number of quaternary nitrogens is 1. The van der Waals surface area contributed by atoms with Crippen LogP contribution >= 0.6 is 11.6 Å². The maximum Gasteiger partial charge on any atom is 0.185 e. The minimum Gasteiger partial charge on any atom is -0.629 e. The van der Waals surface area contributed by atoms with Gasteiger partial charge in [-0.25, -0.2) is 4.39 Å². The Morgan fingerprint density at radius 2 is 2.14 bits per heavy atom. The standard InChI is InChI=1S/C9H9ClFNO2/c1-5(13)6-3-9(12(2)14)8(11)4-7(6)10/h3-4,12H,1-2H3. The predicted octanol–water partition coefficient (Wildman–Crippen LogP) is 1.33. The van der Waals surface area contributed by atoms with Gasteiger partial charge in [0.05, 0.1) is 12.1 Å². The summed E-state index contributed by atoms with van der Waals surface area (Å²) < 4.78 is 13.1. The molecule has 0 spiro atoms. The predicted molar refractivity (Wildman–Crippen MR) is 51.3 cm³/mol. The number of halogens is 2. The summed E-state index contributed by atoms with van der Waals surface area (Å²) in [5.74, 6) is -0.995. The Hall–Kier alpha value is -0.970. The molecule has 1 rings (SSSR count). The van der Waals surface area contributed by atoms with Gasteiger partial charge in [-0.15, -0.1) is 0 Å². The monoisotopic (exact) mass is 217 g/mol. The Labute approximate surface area is 85.7 Å². The zero-order valence-corrected chi connectivity index (χ0v) is 8.48. The highest BCUT2D eigenvalue weighted by molar-refractivity contribution is 6.34. The minimum atomic E-state index is -0.701. The lowest BCUT2D eigenvalue weighted by Crippen LogP contribution is -2.98. The fourth-order valence-electron chi connectivity index (χ4n) is 1.09. The molecule has 0 aliphatic rings. The average Bonchev–Trinajstić information content (AvgIpc) is 2.02. The zero-order valence-electron chi connectivity index (χ0n) is 7.73. The second-order valence-corrected chi connectivity index (χ2v) is 3.33. The summed E-state index contributed by atoms with van der Waals surface area (Å²) in [4.78, 5) is 11.0. The summed E-state index contributed by atoms with van der Waals surface area (Å²) in [6.45, 7) is 1.31. The number of carbonyl (C=O) groups is 1. The highest BCUT2D eigenvalue weighted by Crippen LogP contribution is 2.22. The van der Waals surface area contributed by atoms with Gasteiger partial charge < -0.3 is 10.3 Å². The summed E-state index contributed by atoms with van der Waals surface area (Å²) in [6.07, 6.45) is 0. The number of carbonyl (C=O) groups excluding carboxylic acids is 1. The molecule has 0 saturated heterocycles. The van der Waals surface area contributed by atoms with Gasteiger partial charge >= 0.3 is 0 Å². The van der Waals surface area contributed by atoms with Crippen LogP contribution in [0.3, 0.4) is 0 Å². The molecule has 0 saturated carbocycles. The van der Waals surface area contributed by atoms with Crippen molar-refractivity contribution in [3.8, 4) is 0 Å². The third kappa shape index (κ3) is 2.09. The zero-order chi connectivity index (χ0) is 10.9. The Bertz CT molecular complexity index is 379. The van der Waals surface area contributed by atoms with Crippen molar-refractivity contribution in [2.24, 2.45) is 0 Å². The van der Waals surface area contributed by atoms with Crippen molar-refractivity contribution < 1.29 is 14.2 Å². The van der Waals surface area contributed by atoms with Crippen LogP contribution < -0.4 is 5.06 Å². The molecule has 1 N–H and O–H groups in total. The van der Waals surface area contributed by atoms with Gasteiger partial charge in [0.1, 0.15) is 0 Å². The first-order valence-corrected chi connectivity index (χ1v) is 4.32. The van der Waals surface area contributed by atoms with Crippen molar-refractivity contribution >= 4 is 23.1 Å². The molecule has 1 unspecified atom stereocenters. The SMILES string of the molecule is CC(=O)c1cc([NH+](C)[O-])c(F)cc1Cl. The third-order valence-electron chi connectivity index (χ3n) is 1.82. The van der Waals surface area contributed by atoms with Crippen LogP contribution in [-0.2, 0) is 0 Å². The average molecular weight is 218 g/mol. The molecule has 0 aliphatic carbocycles. The van der Waals surface area contributed by atoms with E-state index in [0.29, 0.717) is 0 Å². The van der Waals surface area contributed by atoms with Crippen molar-refractivity contribution in [3.05, 3.63) is 33.7 Å². The largest absolute Gasteiger partial charge is 0.629 e. The van der Waals surface area contributed by atoms with E-state index < -0.39 is 10.9 Å². The highest BCUT2D eigenvalue weighted by Gasteiger charge is 2.14. The van der Waals surface area contributed by atoms with E-state index in [2.05, 4.69) is 0 Å². The number of benzene rings is 1. The van der Waals surface area contributed by atoms with Crippen LogP contribution in [0.25, 0.3) is 0 Å². The first-order valence-electron chi connectivity index (χ1n) is 3.94. The summed E-state index contributed by atoms with van der Waals surface area (Å²) in [5, 5.41) is 10.6. The summed E-state index contributed by atoms with van der Waals surface area (Å²) >= 11 is 5.63. The molecule has 1 atom stereocenters. The molecule has 3 nitrogen and oxygen atoms in total. The smallest absolute Gasteiger partial charge is 0.185 e. The van der Waals surface area contributed by atoms with Gasteiger partial charge in [-0.3, -0.25) is 4.79 Å². The van der Waals surface area contributed by atoms with Crippen molar-refractivity contribution in [1.82, 2.24) is 0 Å². The van der Waals surface area contributed by atoms with Crippen LogP contribution in [0, 0.1) is 11.0 Å². The van der Waals surface area contributed by atoms with E-state index in [1.807, 2.05) is 0 Å². The van der Waals surface area contributed by atoms with E-state index in [1.54, 1.807) is 0 Å². The molecule has 1 aromatic carbocycles. The fraction of sp³-hybridized carbons (Fsp3) is 0.222. The topological polar surface area (TPSA) is 44.6 Å². The maximum absolute atomic E-state index is 13.1. The van der Waals surface area contributed by atoms with E-state index in [9.17, 15) is 14.4 Å². The molecule has 76 valence electrons. The van der Waals surface area contributed by atoms with Gasteiger partial charge in [-0.2, -0.15) is 0 Å². The molecule has 0 aromatic heterocycles. The van der Waals surface area contributed by atoms with Gasteiger partial charge in [0.2, 0.25) is 0 Å². The lowest BCUT2D eigenvalue weighted by Gasteiger charge is -2.17. The van der Waals surface area contributed by atoms with Crippen molar-refractivity contribution in [2.75, 3.05) is 7.05 Å². The first-order chi connectivity index (χ1) is 6.43. The van der Waals surface area contributed by atoms with Crippen LogP contribution in [0.2, 0.25) is 5.02 Å². The van der Waals surface area contributed by atoms with Crippen molar-refractivity contribution in [1.29, 1.82) is 0 Å². The number of hydrogen-bond donors (Lipinski definition) is 1. The van der Waals surface area contributed by atoms with Gasteiger partial charge in [-0.1, -0.05) is 11.6 Å². The molecule has 0 radical (unpaired) electrons. The highest BCUT2D eigenvalue weighted by atomic mass is 35.5. The Morgan fingerprint density at radius 1 is 1.57 bits per heavy atom. The van der Waals surface area contributed by atoms with Crippen LogP contribution in [0.4, 0.5) is 10.1 Å². The number of hydroxylamine groups is 1. The number of nitrogens with one attached hydrogen (secondary N) is 1. The van der Waals surface area contributed by atoms with Crippen molar-refractivity contribution in [3.63, 3.8) is 0 Å². The molecule has 14 heavy (non-hydrogen) atoms. The van der Waals surface area contributed by atoms with E-state index in [1.165, 1.54) is 20.0 Å². The Balaban J connectivity index is 3.34. The van der Waals surface area contributed by atoms with E-state index in [-0.39, 0.29) is 22.1 Å². The molecule has 0 aliphatic heterocycles. The van der Waals surface area contributed by atoms with Crippen LogP contribution in [0.5, 0.6) is 0 Å². The summed E-state index contributed by atoms with van der Waals surface area (Å²) in [6, 6.07) is 2.16. The second-order valence-electron chi connectivity index (χ2n) is 2.92. The normalized spacial score (nSPS) is 12.6. The third-order valence-corrected chi connectivity index (χ3v) is 2.13. The van der Waals surface area contributed by atoms with Gasteiger partial charge in [0.15, 0.2) is 17.3 Å². The molecule has 5 heteroatoms.